The summed E-state index contributed by atoms with van der Waals surface area (Å²) in [6.45, 7) is 0. The minimum atomic E-state index is 0.393. The van der Waals surface area contributed by atoms with Gasteiger partial charge in [0.2, 0.25) is 0 Å². The molecule has 0 radical (unpaired) electrons. The Hall–Kier alpha value is -2.86. The van der Waals surface area contributed by atoms with Gasteiger partial charge in [-0.1, -0.05) is 98.2 Å². The van der Waals surface area contributed by atoms with E-state index in [1.165, 1.54) is 71.1 Å². The molecule has 2 aromatic carbocycles. The van der Waals surface area contributed by atoms with Crippen LogP contribution in [0.5, 0.6) is 0 Å². The molecule has 1 saturated carbocycles. The van der Waals surface area contributed by atoms with Crippen LogP contribution in [-0.2, 0) is 12.8 Å². The first-order valence-corrected chi connectivity index (χ1v) is 12.0. The van der Waals surface area contributed by atoms with E-state index in [1.807, 2.05) is 0 Å². The third-order valence-corrected chi connectivity index (χ3v) is 7.65. The molecule has 0 aliphatic heterocycles. The number of fused-ring (bicyclic) bond motifs is 2. The van der Waals surface area contributed by atoms with Crippen LogP contribution in [-0.4, -0.2) is 0 Å². The van der Waals surface area contributed by atoms with Gasteiger partial charge in [-0.2, -0.15) is 0 Å². The van der Waals surface area contributed by atoms with E-state index in [0.29, 0.717) is 5.92 Å². The van der Waals surface area contributed by atoms with Crippen molar-refractivity contribution in [3.8, 4) is 0 Å². The summed E-state index contributed by atoms with van der Waals surface area (Å²) in [7, 11) is 0. The van der Waals surface area contributed by atoms with Crippen molar-refractivity contribution in [1.29, 1.82) is 0 Å². The van der Waals surface area contributed by atoms with Gasteiger partial charge >= 0.3 is 0 Å². The maximum atomic E-state index is 2.40. The van der Waals surface area contributed by atoms with E-state index < -0.39 is 0 Å². The molecule has 1 unspecified atom stereocenters. The Morgan fingerprint density at radius 3 is 2.55 bits per heavy atom. The Bertz CT molecular complexity index is 1140. The zero-order chi connectivity index (χ0) is 20.6. The molecule has 0 N–H and O–H groups in total. The predicted molar refractivity (Wildman–Crippen MR) is 132 cm³/mol. The molecule has 0 bridgehead atoms. The predicted octanol–water partition coefficient (Wildman–Crippen LogP) is 7.98. The van der Waals surface area contributed by atoms with Crippen LogP contribution in [0.25, 0.3) is 11.6 Å². The Balaban J connectivity index is 1.25. The van der Waals surface area contributed by atoms with Gasteiger partial charge in [0.15, 0.2) is 0 Å². The lowest BCUT2D eigenvalue weighted by Gasteiger charge is -2.25. The summed E-state index contributed by atoms with van der Waals surface area (Å²) in [5, 5.41) is 0. The summed E-state index contributed by atoms with van der Waals surface area (Å²) in [4.78, 5) is 0. The molecule has 2 aromatic rings. The van der Waals surface area contributed by atoms with Gasteiger partial charge < -0.3 is 0 Å². The molecular formula is C31H30. The van der Waals surface area contributed by atoms with Gasteiger partial charge in [-0.3, -0.25) is 0 Å². The fourth-order valence-corrected chi connectivity index (χ4v) is 5.87. The molecule has 1 atom stereocenters. The molecular weight excluding hydrogens is 372 g/mol. The lowest BCUT2D eigenvalue weighted by atomic mass is 9.79. The summed E-state index contributed by atoms with van der Waals surface area (Å²) < 4.78 is 0. The van der Waals surface area contributed by atoms with Crippen LogP contribution >= 0.6 is 0 Å². The average Bonchev–Trinajstić information content (AvgIpc) is 3.50. The number of hydrogen-bond donors (Lipinski definition) is 0. The summed E-state index contributed by atoms with van der Waals surface area (Å²) >= 11 is 0. The summed E-state index contributed by atoms with van der Waals surface area (Å²) in [6.07, 6.45) is 25.3. The molecule has 0 heterocycles. The molecule has 1 fully saturated rings. The van der Waals surface area contributed by atoms with Crippen molar-refractivity contribution >= 4 is 11.6 Å². The van der Waals surface area contributed by atoms with Crippen LogP contribution in [0.15, 0.2) is 90.1 Å². The minimum Gasteiger partial charge on any atom is -0.0795 e. The molecule has 0 saturated heterocycles. The molecule has 0 aromatic heterocycles. The first-order chi connectivity index (χ1) is 15.3. The fraction of sp³-hybridized carbons (Fsp3) is 0.290. The number of rotatable bonds is 4. The van der Waals surface area contributed by atoms with Crippen LogP contribution in [0.4, 0.5) is 0 Å². The number of benzene rings is 2. The molecule has 0 spiro atoms. The van der Waals surface area contributed by atoms with Crippen LogP contribution in [0.1, 0.15) is 65.8 Å². The SMILES string of the molecule is C1=CC2C(=C1)C(Cc1ccc(C3CCCCC3)cc1)=CC=C2c1ccc2c(c1)C=CC2. The van der Waals surface area contributed by atoms with Crippen molar-refractivity contribution in [2.75, 3.05) is 0 Å². The van der Waals surface area contributed by atoms with Gasteiger partial charge in [0, 0.05) is 5.92 Å². The Labute approximate surface area is 186 Å². The molecule has 0 heteroatoms. The van der Waals surface area contributed by atoms with Gasteiger partial charge in [0.1, 0.15) is 0 Å². The molecule has 6 rings (SSSR count). The monoisotopic (exact) mass is 402 g/mol. The van der Waals surface area contributed by atoms with E-state index in [-0.39, 0.29) is 0 Å². The second kappa shape index (κ2) is 8.00. The van der Waals surface area contributed by atoms with E-state index in [9.17, 15) is 0 Å². The normalized spacial score (nSPS) is 22.1. The maximum absolute atomic E-state index is 2.40. The highest BCUT2D eigenvalue weighted by Gasteiger charge is 2.26. The Morgan fingerprint density at radius 1 is 0.806 bits per heavy atom. The van der Waals surface area contributed by atoms with E-state index in [1.54, 1.807) is 5.56 Å². The summed E-state index contributed by atoms with van der Waals surface area (Å²) in [5.74, 6) is 1.18. The highest BCUT2D eigenvalue weighted by Crippen LogP contribution is 2.42. The first-order valence-electron chi connectivity index (χ1n) is 12.0. The van der Waals surface area contributed by atoms with Gasteiger partial charge in [0.25, 0.3) is 0 Å². The molecule has 4 aliphatic rings. The second-order valence-electron chi connectivity index (χ2n) is 9.57. The van der Waals surface area contributed by atoms with Crippen LogP contribution < -0.4 is 0 Å². The topological polar surface area (TPSA) is 0 Å². The zero-order valence-corrected chi connectivity index (χ0v) is 18.2. The Morgan fingerprint density at radius 2 is 1.68 bits per heavy atom. The first kappa shape index (κ1) is 18.9. The van der Waals surface area contributed by atoms with E-state index >= 15 is 0 Å². The Kier molecular flexibility index (Phi) is 4.87. The van der Waals surface area contributed by atoms with Crippen LogP contribution in [0.2, 0.25) is 0 Å². The second-order valence-corrected chi connectivity index (χ2v) is 9.57. The quantitative estimate of drug-likeness (QED) is 0.486. The van der Waals surface area contributed by atoms with Gasteiger partial charge in [-0.25, -0.2) is 0 Å². The molecule has 0 amide bonds. The zero-order valence-electron chi connectivity index (χ0n) is 18.2. The van der Waals surface area contributed by atoms with Crippen molar-refractivity contribution in [2.45, 2.75) is 50.9 Å². The minimum absolute atomic E-state index is 0.393. The van der Waals surface area contributed by atoms with Crippen LogP contribution in [0.3, 0.4) is 0 Å². The lowest BCUT2D eigenvalue weighted by molar-refractivity contribution is 0.443. The van der Waals surface area contributed by atoms with Gasteiger partial charge in [-0.15, -0.1) is 0 Å². The highest BCUT2D eigenvalue weighted by molar-refractivity contribution is 5.80. The number of allylic oxidation sites excluding steroid dienone is 9. The molecule has 4 aliphatic carbocycles. The van der Waals surface area contributed by atoms with Crippen molar-refractivity contribution in [1.82, 2.24) is 0 Å². The van der Waals surface area contributed by atoms with E-state index in [4.69, 9.17) is 0 Å². The highest BCUT2D eigenvalue weighted by atomic mass is 14.3. The largest absolute Gasteiger partial charge is 0.0795 e. The van der Waals surface area contributed by atoms with Crippen molar-refractivity contribution in [2.24, 2.45) is 5.92 Å². The van der Waals surface area contributed by atoms with Gasteiger partial charge in [0.05, 0.1) is 0 Å². The van der Waals surface area contributed by atoms with E-state index in [0.717, 1.165) is 18.8 Å². The fourth-order valence-electron chi connectivity index (χ4n) is 5.87. The maximum Gasteiger partial charge on any atom is 0.0281 e. The van der Waals surface area contributed by atoms with Crippen LogP contribution in [0, 0.1) is 5.92 Å². The van der Waals surface area contributed by atoms with Gasteiger partial charge in [-0.05, 0) is 82.2 Å². The van der Waals surface area contributed by atoms with Crippen molar-refractivity contribution < 1.29 is 0 Å². The lowest BCUT2D eigenvalue weighted by Crippen LogP contribution is -2.10. The number of hydrogen-bond acceptors (Lipinski definition) is 0. The molecule has 154 valence electrons. The van der Waals surface area contributed by atoms with Crippen molar-refractivity contribution in [3.63, 3.8) is 0 Å². The smallest absolute Gasteiger partial charge is 0.0281 e. The average molecular weight is 403 g/mol. The summed E-state index contributed by atoms with van der Waals surface area (Å²) in [5.41, 5.74) is 11.5. The third-order valence-electron chi connectivity index (χ3n) is 7.65. The molecule has 31 heavy (non-hydrogen) atoms. The van der Waals surface area contributed by atoms with E-state index in [2.05, 4.69) is 85.0 Å². The third kappa shape index (κ3) is 3.59. The van der Waals surface area contributed by atoms with Crippen molar-refractivity contribution in [3.05, 3.63) is 118 Å². The molecule has 0 nitrogen and oxygen atoms in total. The standard InChI is InChI=1S/C31H30/c1-2-6-23(7-3-1)25-14-12-22(13-15-25)20-27-18-19-30(31-11-5-10-29(27)31)28-17-16-24-8-4-9-26(24)21-28/h4-5,9-19,21,23,31H,1-3,6-8,20H2. The summed E-state index contributed by atoms with van der Waals surface area (Å²) in [6, 6.07) is 16.5.